The predicted octanol–water partition coefficient (Wildman–Crippen LogP) is 2.42. The third kappa shape index (κ3) is 4.45. The fraction of sp³-hybridized carbons (Fsp3) is 0.938. The van der Waals surface area contributed by atoms with Crippen molar-refractivity contribution in [2.24, 2.45) is 17.1 Å². The van der Waals surface area contributed by atoms with Crippen molar-refractivity contribution < 1.29 is 9.53 Å². The number of nitrogens with zero attached hydrogens (tertiary/aromatic N) is 1. The first kappa shape index (κ1) is 17.4. The van der Waals surface area contributed by atoms with Crippen molar-refractivity contribution in [1.82, 2.24) is 4.90 Å². The molecular formula is C16H32N2O2. The summed E-state index contributed by atoms with van der Waals surface area (Å²) in [5, 5.41) is 0. The van der Waals surface area contributed by atoms with Crippen LogP contribution in [0.3, 0.4) is 0 Å². The van der Waals surface area contributed by atoms with Crippen molar-refractivity contribution in [3.63, 3.8) is 0 Å². The van der Waals surface area contributed by atoms with Crippen LogP contribution in [-0.2, 0) is 9.53 Å². The second-order valence-electron chi connectivity index (χ2n) is 6.23. The third-order valence-electron chi connectivity index (χ3n) is 4.52. The molecule has 0 bridgehead atoms. The second-order valence-corrected chi connectivity index (χ2v) is 6.23. The van der Waals surface area contributed by atoms with Gasteiger partial charge in [0.2, 0.25) is 5.91 Å². The van der Waals surface area contributed by atoms with Crippen LogP contribution in [0.15, 0.2) is 0 Å². The number of hydrogen-bond donors (Lipinski definition) is 1. The highest BCUT2D eigenvalue weighted by Gasteiger charge is 2.37. The molecule has 1 saturated heterocycles. The number of amides is 1. The molecule has 4 nitrogen and oxygen atoms in total. The summed E-state index contributed by atoms with van der Waals surface area (Å²) in [6.45, 7) is 7.23. The minimum Gasteiger partial charge on any atom is -0.381 e. The Morgan fingerprint density at radius 1 is 1.25 bits per heavy atom. The normalized spacial score (nSPS) is 17.2. The lowest BCUT2D eigenvalue weighted by Crippen LogP contribution is -2.48. The molecule has 1 fully saturated rings. The van der Waals surface area contributed by atoms with Gasteiger partial charge in [-0.3, -0.25) is 4.79 Å². The second kappa shape index (κ2) is 8.63. The van der Waals surface area contributed by atoms with Gasteiger partial charge >= 0.3 is 0 Å². The number of carbonyl (C=O) groups is 1. The Kier molecular flexibility index (Phi) is 7.52. The van der Waals surface area contributed by atoms with E-state index in [1.807, 2.05) is 11.9 Å². The quantitative estimate of drug-likeness (QED) is 0.744. The number of nitrogens with two attached hydrogens (primary N) is 1. The first-order valence-electron chi connectivity index (χ1n) is 8.13. The molecule has 1 rings (SSSR count). The summed E-state index contributed by atoms with van der Waals surface area (Å²) in [5.74, 6) is 0.826. The standard InChI is InChI=1S/C16H32N2O2/c1-4-8-16(13-17,9-5-2)15(19)18(3)12-14-6-10-20-11-7-14/h14H,4-13,17H2,1-3H3. The summed E-state index contributed by atoms with van der Waals surface area (Å²) < 4.78 is 5.38. The molecule has 4 heteroatoms. The fourth-order valence-corrected chi connectivity index (χ4v) is 3.39. The zero-order valence-corrected chi connectivity index (χ0v) is 13.5. The Morgan fingerprint density at radius 2 is 1.80 bits per heavy atom. The summed E-state index contributed by atoms with van der Waals surface area (Å²) in [6.07, 6.45) is 5.94. The van der Waals surface area contributed by atoms with Crippen LogP contribution in [0.2, 0.25) is 0 Å². The molecular weight excluding hydrogens is 252 g/mol. The van der Waals surface area contributed by atoms with Crippen molar-refractivity contribution in [3.8, 4) is 0 Å². The number of carbonyl (C=O) groups excluding carboxylic acids is 1. The van der Waals surface area contributed by atoms with Crippen molar-refractivity contribution in [3.05, 3.63) is 0 Å². The van der Waals surface area contributed by atoms with Crippen LogP contribution >= 0.6 is 0 Å². The van der Waals surface area contributed by atoms with Gasteiger partial charge in [-0.05, 0) is 31.6 Å². The summed E-state index contributed by atoms with van der Waals surface area (Å²) in [5.41, 5.74) is 5.64. The zero-order chi connectivity index (χ0) is 15.0. The molecule has 118 valence electrons. The molecule has 1 aliphatic rings. The van der Waals surface area contributed by atoms with Gasteiger partial charge in [-0.25, -0.2) is 0 Å². The molecule has 2 N–H and O–H groups in total. The molecule has 0 saturated carbocycles. The Balaban J connectivity index is 2.66. The summed E-state index contributed by atoms with van der Waals surface area (Å²) >= 11 is 0. The summed E-state index contributed by atoms with van der Waals surface area (Å²) in [4.78, 5) is 14.8. The van der Waals surface area contributed by atoms with Gasteiger partial charge in [0.05, 0.1) is 5.41 Å². The molecule has 20 heavy (non-hydrogen) atoms. The molecule has 0 atom stereocenters. The molecule has 0 unspecified atom stereocenters. The van der Waals surface area contributed by atoms with E-state index in [1.165, 1.54) is 0 Å². The monoisotopic (exact) mass is 284 g/mol. The van der Waals surface area contributed by atoms with Crippen molar-refractivity contribution in [2.75, 3.05) is 33.4 Å². The largest absolute Gasteiger partial charge is 0.381 e. The Labute approximate surface area is 124 Å². The molecule has 0 spiro atoms. The average Bonchev–Trinajstić information content (AvgIpc) is 2.47. The van der Waals surface area contributed by atoms with Gasteiger partial charge in [-0.2, -0.15) is 0 Å². The van der Waals surface area contributed by atoms with E-state index in [2.05, 4.69) is 13.8 Å². The van der Waals surface area contributed by atoms with Crippen molar-refractivity contribution in [1.29, 1.82) is 0 Å². The maximum atomic E-state index is 12.9. The van der Waals surface area contributed by atoms with Crippen LogP contribution in [0, 0.1) is 11.3 Å². The lowest BCUT2D eigenvalue weighted by Gasteiger charge is -2.36. The van der Waals surface area contributed by atoms with Gasteiger partial charge in [0.25, 0.3) is 0 Å². The van der Waals surface area contributed by atoms with E-state index in [9.17, 15) is 4.79 Å². The SMILES string of the molecule is CCCC(CN)(CCC)C(=O)N(C)CC1CCOCC1. The smallest absolute Gasteiger partial charge is 0.229 e. The van der Waals surface area contributed by atoms with E-state index in [4.69, 9.17) is 10.5 Å². The highest BCUT2D eigenvalue weighted by molar-refractivity contribution is 5.82. The Morgan fingerprint density at radius 3 is 2.25 bits per heavy atom. The first-order chi connectivity index (χ1) is 9.59. The average molecular weight is 284 g/mol. The zero-order valence-electron chi connectivity index (χ0n) is 13.5. The molecule has 0 aromatic rings. The van der Waals surface area contributed by atoms with Crippen molar-refractivity contribution >= 4 is 5.91 Å². The number of hydrogen-bond acceptors (Lipinski definition) is 3. The van der Waals surface area contributed by atoms with Gasteiger partial charge in [-0.1, -0.05) is 26.7 Å². The van der Waals surface area contributed by atoms with E-state index in [-0.39, 0.29) is 11.3 Å². The summed E-state index contributed by atoms with van der Waals surface area (Å²) in [7, 11) is 1.94. The lowest BCUT2D eigenvalue weighted by atomic mass is 9.77. The molecule has 0 radical (unpaired) electrons. The van der Waals surface area contributed by atoms with E-state index >= 15 is 0 Å². The van der Waals surface area contributed by atoms with Gasteiger partial charge in [-0.15, -0.1) is 0 Å². The van der Waals surface area contributed by atoms with E-state index in [0.717, 1.165) is 58.3 Å². The van der Waals surface area contributed by atoms with Crippen LogP contribution in [-0.4, -0.2) is 44.2 Å². The highest BCUT2D eigenvalue weighted by atomic mass is 16.5. The Bertz CT molecular complexity index is 282. The van der Waals surface area contributed by atoms with E-state index < -0.39 is 0 Å². The molecule has 1 amide bonds. The van der Waals surface area contributed by atoms with Crippen LogP contribution in [0.1, 0.15) is 52.4 Å². The van der Waals surface area contributed by atoms with Gasteiger partial charge < -0.3 is 15.4 Å². The topological polar surface area (TPSA) is 55.6 Å². The van der Waals surface area contributed by atoms with Gasteiger partial charge in [0.1, 0.15) is 0 Å². The number of rotatable bonds is 8. The van der Waals surface area contributed by atoms with Crippen LogP contribution in [0.5, 0.6) is 0 Å². The predicted molar refractivity (Wildman–Crippen MR) is 82.5 cm³/mol. The lowest BCUT2D eigenvalue weighted by molar-refractivity contribution is -0.142. The summed E-state index contributed by atoms with van der Waals surface area (Å²) in [6, 6.07) is 0. The van der Waals surface area contributed by atoms with E-state index in [0.29, 0.717) is 12.5 Å². The van der Waals surface area contributed by atoms with Gasteiger partial charge in [0.15, 0.2) is 0 Å². The van der Waals surface area contributed by atoms with Crippen LogP contribution < -0.4 is 5.73 Å². The minimum absolute atomic E-state index is 0.246. The highest BCUT2D eigenvalue weighted by Crippen LogP contribution is 2.31. The van der Waals surface area contributed by atoms with Crippen molar-refractivity contribution in [2.45, 2.75) is 52.4 Å². The minimum atomic E-state index is -0.344. The van der Waals surface area contributed by atoms with Crippen LogP contribution in [0.25, 0.3) is 0 Å². The first-order valence-corrected chi connectivity index (χ1v) is 8.13. The molecule has 0 aromatic carbocycles. The molecule has 0 aromatic heterocycles. The molecule has 1 aliphatic heterocycles. The van der Waals surface area contributed by atoms with E-state index in [1.54, 1.807) is 0 Å². The fourth-order valence-electron chi connectivity index (χ4n) is 3.39. The van der Waals surface area contributed by atoms with Gasteiger partial charge in [0, 0.05) is 33.4 Å². The molecule has 1 heterocycles. The number of ether oxygens (including phenoxy) is 1. The Hall–Kier alpha value is -0.610. The van der Waals surface area contributed by atoms with Crippen LogP contribution in [0.4, 0.5) is 0 Å². The molecule has 0 aliphatic carbocycles. The maximum Gasteiger partial charge on any atom is 0.229 e. The third-order valence-corrected chi connectivity index (χ3v) is 4.52. The maximum absolute atomic E-state index is 12.9.